The Morgan fingerprint density at radius 1 is 1.12 bits per heavy atom. The number of carbonyl (C=O) groups excluding carboxylic acids is 1. The number of benzene rings is 2. The summed E-state index contributed by atoms with van der Waals surface area (Å²) in [5.41, 5.74) is 1.67. The van der Waals surface area contributed by atoms with Gasteiger partial charge in [-0.05, 0) is 12.1 Å². The van der Waals surface area contributed by atoms with Gasteiger partial charge in [0, 0.05) is 18.2 Å². The summed E-state index contributed by atoms with van der Waals surface area (Å²) in [5.74, 6) is 0.761. The predicted octanol–water partition coefficient (Wildman–Crippen LogP) is 3.56. The van der Waals surface area contributed by atoms with Crippen molar-refractivity contribution in [2.24, 2.45) is 0 Å². The monoisotopic (exact) mass is 353 g/mol. The molecule has 1 amide bonds. The van der Waals surface area contributed by atoms with Crippen LogP contribution in [0.1, 0.15) is 22.1 Å². The molecule has 0 aliphatic carbocycles. The van der Waals surface area contributed by atoms with Gasteiger partial charge in [0.05, 0.1) is 5.92 Å². The van der Waals surface area contributed by atoms with Crippen LogP contribution < -0.4 is 10.1 Å². The standard InChI is InChI=1S/C18H15N3O3S/c1-23-10-15-20-21-18(25-15)19-17(22)16-11-6-2-4-8-13(11)24-14-9-5-3-7-12(14)16/h2-9,16H,10H2,1H3,(H,19,21,22). The number of para-hydroxylation sites is 2. The first-order valence-corrected chi connectivity index (χ1v) is 8.56. The molecule has 0 bridgehead atoms. The number of carbonyl (C=O) groups is 1. The molecule has 126 valence electrons. The molecule has 1 N–H and O–H groups in total. The Bertz CT molecular complexity index is 880. The molecule has 0 radical (unpaired) electrons. The largest absolute Gasteiger partial charge is 0.457 e. The van der Waals surface area contributed by atoms with Gasteiger partial charge in [-0.3, -0.25) is 10.1 Å². The lowest BCUT2D eigenvalue weighted by atomic mass is 9.87. The average molecular weight is 353 g/mol. The zero-order valence-corrected chi connectivity index (χ0v) is 14.2. The SMILES string of the molecule is COCc1nnc(NC(=O)C2c3ccccc3Oc3ccccc32)s1. The Morgan fingerprint density at radius 3 is 2.40 bits per heavy atom. The number of anilines is 1. The van der Waals surface area contributed by atoms with Gasteiger partial charge < -0.3 is 9.47 Å². The van der Waals surface area contributed by atoms with E-state index in [1.807, 2.05) is 48.5 Å². The van der Waals surface area contributed by atoms with Crippen LogP contribution in [-0.4, -0.2) is 23.2 Å². The molecular formula is C18H15N3O3S. The molecule has 0 unspecified atom stereocenters. The van der Waals surface area contributed by atoms with Crippen LogP contribution in [0.4, 0.5) is 5.13 Å². The van der Waals surface area contributed by atoms with E-state index in [-0.39, 0.29) is 5.91 Å². The third kappa shape index (κ3) is 2.99. The van der Waals surface area contributed by atoms with Gasteiger partial charge in [-0.2, -0.15) is 0 Å². The van der Waals surface area contributed by atoms with Crippen molar-refractivity contribution < 1.29 is 14.3 Å². The maximum atomic E-state index is 13.0. The van der Waals surface area contributed by atoms with Gasteiger partial charge in [0.25, 0.3) is 0 Å². The van der Waals surface area contributed by atoms with Crippen molar-refractivity contribution in [3.05, 3.63) is 64.7 Å². The summed E-state index contributed by atoms with van der Waals surface area (Å²) >= 11 is 1.30. The number of rotatable bonds is 4. The average Bonchev–Trinajstić information content (AvgIpc) is 3.06. The van der Waals surface area contributed by atoms with E-state index in [1.165, 1.54) is 11.3 Å². The van der Waals surface area contributed by atoms with E-state index in [0.29, 0.717) is 28.2 Å². The molecule has 0 saturated heterocycles. The van der Waals surface area contributed by atoms with Crippen molar-refractivity contribution in [2.45, 2.75) is 12.5 Å². The third-order valence-electron chi connectivity index (χ3n) is 3.91. The summed E-state index contributed by atoms with van der Waals surface area (Å²) in [6.45, 7) is 0.372. The molecule has 2 heterocycles. The second-order valence-corrected chi connectivity index (χ2v) is 6.60. The van der Waals surface area contributed by atoms with E-state index in [0.717, 1.165) is 11.1 Å². The number of ether oxygens (including phenoxy) is 2. The molecule has 7 heteroatoms. The van der Waals surface area contributed by atoms with Gasteiger partial charge in [0.2, 0.25) is 11.0 Å². The summed E-state index contributed by atoms with van der Waals surface area (Å²) in [4.78, 5) is 13.0. The molecule has 4 rings (SSSR count). The van der Waals surface area contributed by atoms with Crippen molar-refractivity contribution in [2.75, 3.05) is 12.4 Å². The zero-order valence-electron chi connectivity index (χ0n) is 13.4. The van der Waals surface area contributed by atoms with Crippen molar-refractivity contribution in [1.29, 1.82) is 0 Å². The van der Waals surface area contributed by atoms with Crippen LogP contribution in [0.5, 0.6) is 11.5 Å². The minimum atomic E-state index is -0.462. The molecule has 25 heavy (non-hydrogen) atoms. The Labute approximate surface area is 148 Å². The molecule has 6 nitrogen and oxygen atoms in total. The van der Waals surface area contributed by atoms with Gasteiger partial charge >= 0.3 is 0 Å². The maximum Gasteiger partial charge on any atom is 0.238 e. The highest BCUT2D eigenvalue weighted by molar-refractivity contribution is 7.15. The molecule has 2 aromatic carbocycles. The Balaban J connectivity index is 1.67. The van der Waals surface area contributed by atoms with Crippen molar-refractivity contribution >= 4 is 22.4 Å². The minimum absolute atomic E-state index is 0.164. The van der Waals surface area contributed by atoms with Crippen LogP contribution in [0, 0.1) is 0 Å². The van der Waals surface area contributed by atoms with Crippen LogP contribution >= 0.6 is 11.3 Å². The Morgan fingerprint density at radius 2 is 1.76 bits per heavy atom. The number of fused-ring (bicyclic) bond motifs is 2. The molecule has 0 saturated carbocycles. The van der Waals surface area contributed by atoms with E-state index < -0.39 is 5.92 Å². The van der Waals surface area contributed by atoms with Crippen molar-refractivity contribution in [3.8, 4) is 11.5 Å². The zero-order chi connectivity index (χ0) is 17.2. The van der Waals surface area contributed by atoms with Gasteiger partial charge in [-0.1, -0.05) is 47.7 Å². The molecule has 1 aromatic heterocycles. The first-order chi connectivity index (χ1) is 12.3. The normalized spacial score (nSPS) is 12.8. The lowest BCUT2D eigenvalue weighted by molar-refractivity contribution is -0.116. The molecular weight excluding hydrogens is 338 g/mol. The quantitative estimate of drug-likeness (QED) is 0.776. The van der Waals surface area contributed by atoms with E-state index in [9.17, 15) is 4.79 Å². The first kappa shape index (κ1) is 15.7. The summed E-state index contributed by atoms with van der Waals surface area (Å²) < 4.78 is 11.0. The third-order valence-corrected chi connectivity index (χ3v) is 4.72. The lowest BCUT2D eigenvalue weighted by Gasteiger charge is -2.27. The second kappa shape index (κ2) is 6.62. The fourth-order valence-corrected chi connectivity index (χ4v) is 3.57. The highest BCUT2D eigenvalue weighted by Gasteiger charge is 2.32. The summed E-state index contributed by atoms with van der Waals surface area (Å²) in [7, 11) is 1.59. The maximum absolute atomic E-state index is 13.0. The molecule has 0 spiro atoms. The molecule has 1 aliphatic heterocycles. The topological polar surface area (TPSA) is 73.3 Å². The molecule has 0 fully saturated rings. The number of hydrogen-bond donors (Lipinski definition) is 1. The number of methoxy groups -OCH3 is 1. The first-order valence-electron chi connectivity index (χ1n) is 7.74. The number of nitrogens with one attached hydrogen (secondary N) is 1. The van der Waals surface area contributed by atoms with Crippen LogP contribution in [0.15, 0.2) is 48.5 Å². The number of hydrogen-bond acceptors (Lipinski definition) is 6. The van der Waals surface area contributed by atoms with E-state index in [1.54, 1.807) is 7.11 Å². The number of amides is 1. The van der Waals surface area contributed by atoms with Crippen LogP contribution in [0.25, 0.3) is 0 Å². The van der Waals surface area contributed by atoms with Crippen molar-refractivity contribution in [1.82, 2.24) is 10.2 Å². The smallest absolute Gasteiger partial charge is 0.238 e. The lowest BCUT2D eigenvalue weighted by Crippen LogP contribution is -2.25. The summed E-state index contributed by atoms with van der Waals surface area (Å²) in [5, 5.41) is 12.0. The van der Waals surface area contributed by atoms with Gasteiger partial charge in [-0.25, -0.2) is 0 Å². The predicted molar refractivity (Wildman–Crippen MR) is 94.1 cm³/mol. The molecule has 1 aliphatic rings. The van der Waals surface area contributed by atoms with Gasteiger partial charge in [0.1, 0.15) is 23.1 Å². The fourth-order valence-electron chi connectivity index (χ4n) is 2.86. The minimum Gasteiger partial charge on any atom is -0.457 e. The highest BCUT2D eigenvalue weighted by Crippen LogP contribution is 2.44. The number of nitrogens with zero attached hydrogens (tertiary/aromatic N) is 2. The van der Waals surface area contributed by atoms with Crippen LogP contribution in [0.3, 0.4) is 0 Å². The highest BCUT2D eigenvalue weighted by atomic mass is 32.1. The summed E-state index contributed by atoms with van der Waals surface area (Å²) in [6, 6.07) is 15.1. The molecule has 3 aromatic rings. The van der Waals surface area contributed by atoms with Gasteiger partial charge in [-0.15, -0.1) is 10.2 Å². The number of aromatic nitrogens is 2. The van der Waals surface area contributed by atoms with Gasteiger partial charge in [0.15, 0.2) is 0 Å². The fraction of sp³-hybridized carbons (Fsp3) is 0.167. The van der Waals surface area contributed by atoms with Crippen molar-refractivity contribution in [3.63, 3.8) is 0 Å². The van der Waals surface area contributed by atoms with E-state index in [4.69, 9.17) is 9.47 Å². The van der Waals surface area contributed by atoms with Crippen LogP contribution in [-0.2, 0) is 16.1 Å². The van der Waals surface area contributed by atoms with Crippen LogP contribution in [0.2, 0.25) is 0 Å². The summed E-state index contributed by atoms with van der Waals surface area (Å²) in [6.07, 6.45) is 0. The molecule has 0 atom stereocenters. The Hall–Kier alpha value is -2.77. The van der Waals surface area contributed by atoms with E-state index in [2.05, 4.69) is 15.5 Å². The van der Waals surface area contributed by atoms with E-state index >= 15 is 0 Å². The second-order valence-electron chi connectivity index (χ2n) is 5.53. The Kier molecular flexibility index (Phi) is 4.17.